The highest BCUT2D eigenvalue weighted by molar-refractivity contribution is 7.10. The van der Waals surface area contributed by atoms with Gasteiger partial charge in [0.15, 0.2) is 0 Å². The van der Waals surface area contributed by atoms with E-state index in [4.69, 9.17) is 0 Å². The van der Waals surface area contributed by atoms with Crippen molar-refractivity contribution in [1.29, 1.82) is 0 Å². The summed E-state index contributed by atoms with van der Waals surface area (Å²) in [5, 5.41) is 12.4. The van der Waals surface area contributed by atoms with Gasteiger partial charge in [-0.3, -0.25) is 4.79 Å². The number of fused-ring (bicyclic) bond motifs is 1. The fraction of sp³-hybridized carbons (Fsp3) is 0.353. The van der Waals surface area contributed by atoms with Crippen LogP contribution in [0.4, 0.5) is 5.69 Å². The second-order valence-electron chi connectivity index (χ2n) is 5.28. The fourth-order valence-electron chi connectivity index (χ4n) is 3.04. The Balaban J connectivity index is 2.02. The Morgan fingerprint density at radius 3 is 2.76 bits per heavy atom. The summed E-state index contributed by atoms with van der Waals surface area (Å²) >= 11 is 1.54. The Morgan fingerprint density at radius 2 is 2.14 bits per heavy atom. The van der Waals surface area contributed by atoms with E-state index < -0.39 is 6.10 Å². The number of aliphatic hydroxyl groups is 1. The van der Waals surface area contributed by atoms with Gasteiger partial charge in [0, 0.05) is 17.1 Å². The Hall–Kier alpha value is -1.65. The Kier molecular flexibility index (Phi) is 3.83. The molecule has 1 aliphatic heterocycles. The number of benzene rings is 1. The average Bonchev–Trinajstić information content (AvgIpc) is 3.11. The van der Waals surface area contributed by atoms with Crippen molar-refractivity contribution < 1.29 is 9.90 Å². The van der Waals surface area contributed by atoms with E-state index in [0.717, 1.165) is 28.1 Å². The highest BCUT2D eigenvalue weighted by Crippen LogP contribution is 2.41. The molecule has 1 N–H and O–H groups in total. The third-order valence-corrected chi connectivity index (χ3v) is 5.06. The molecule has 1 aromatic carbocycles. The van der Waals surface area contributed by atoms with Crippen LogP contribution in [0.15, 0.2) is 35.7 Å². The van der Waals surface area contributed by atoms with Gasteiger partial charge < -0.3 is 10.0 Å². The highest BCUT2D eigenvalue weighted by Gasteiger charge is 2.35. The zero-order valence-corrected chi connectivity index (χ0v) is 13.1. The van der Waals surface area contributed by atoms with Crippen LogP contribution in [0.2, 0.25) is 0 Å². The predicted molar refractivity (Wildman–Crippen MR) is 85.9 cm³/mol. The van der Waals surface area contributed by atoms with Crippen LogP contribution >= 0.6 is 11.3 Å². The zero-order valence-electron chi connectivity index (χ0n) is 12.2. The number of carbonyl (C=O) groups excluding carboxylic acids is 1. The van der Waals surface area contributed by atoms with Crippen LogP contribution in [-0.2, 0) is 4.79 Å². The lowest BCUT2D eigenvalue weighted by Gasteiger charge is -2.15. The van der Waals surface area contributed by atoms with E-state index in [2.05, 4.69) is 0 Å². The van der Waals surface area contributed by atoms with E-state index in [1.165, 1.54) is 0 Å². The summed E-state index contributed by atoms with van der Waals surface area (Å²) in [7, 11) is 0. The molecule has 0 aliphatic carbocycles. The lowest BCUT2D eigenvalue weighted by atomic mass is 9.95. The van der Waals surface area contributed by atoms with Crippen LogP contribution in [-0.4, -0.2) is 17.6 Å². The van der Waals surface area contributed by atoms with Gasteiger partial charge in [0.25, 0.3) is 0 Å². The lowest BCUT2D eigenvalue weighted by molar-refractivity contribution is -0.119. The standard InChI is InChI=1S/C17H19NO2S/c1-3-12-13-10-11(16(19)15-6-5-9-21-15)7-8-14(13)18(4-2)17(12)20/h5-10,12,16,19H,3-4H2,1-2H3. The topological polar surface area (TPSA) is 40.5 Å². The summed E-state index contributed by atoms with van der Waals surface area (Å²) in [5.74, 6) is 0.105. The Bertz CT molecular complexity index is 651. The number of rotatable bonds is 4. The monoisotopic (exact) mass is 301 g/mol. The molecule has 2 unspecified atom stereocenters. The van der Waals surface area contributed by atoms with Gasteiger partial charge in [-0.15, -0.1) is 11.3 Å². The predicted octanol–water partition coefficient (Wildman–Crippen LogP) is 3.69. The van der Waals surface area contributed by atoms with Crippen molar-refractivity contribution in [3.63, 3.8) is 0 Å². The number of likely N-dealkylation sites (N-methyl/N-ethyl adjacent to an activating group) is 1. The van der Waals surface area contributed by atoms with Crippen LogP contribution in [0.25, 0.3) is 0 Å². The molecule has 2 atom stereocenters. The summed E-state index contributed by atoms with van der Waals surface area (Å²) in [6.07, 6.45) is 0.180. The SMILES string of the molecule is CCC1C(=O)N(CC)c2ccc(C(O)c3cccs3)cc21. The van der Waals surface area contributed by atoms with Crippen molar-refractivity contribution in [2.75, 3.05) is 11.4 Å². The molecule has 2 heterocycles. The molecule has 1 aromatic heterocycles. The van der Waals surface area contributed by atoms with Crippen molar-refractivity contribution in [2.24, 2.45) is 0 Å². The summed E-state index contributed by atoms with van der Waals surface area (Å²) in [5.41, 5.74) is 2.91. The molecule has 0 fully saturated rings. The van der Waals surface area contributed by atoms with Gasteiger partial charge in [-0.05, 0) is 48.1 Å². The second-order valence-corrected chi connectivity index (χ2v) is 6.26. The number of thiophene rings is 1. The van der Waals surface area contributed by atoms with Crippen molar-refractivity contribution in [3.8, 4) is 0 Å². The van der Waals surface area contributed by atoms with E-state index >= 15 is 0 Å². The Morgan fingerprint density at radius 1 is 1.33 bits per heavy atom. The molecule has 3 nitrogen and oxygen atoms in total. The van der Waals surface area contributed by atoms with Crippen LogP contribution in [0.3, 0.4) is 0 Å². The van der Waals surface area contributed by atoms with Crippen molar-refractivity contribution in [2.45, 2.75) is 32.3 Å². The lowest BCUT2D eigenvalue weighted by Crippen LogP contribution is -2.28. The molecule has 110 valence electrons. The molecule has 21 heavy (non-hydrogen) atoms. The van der Waals surface area contributed by atoms with E-state index in [9.17, 15) is 9.90 Å². The minimum Gasteiger partial charge on any atom is -0.383 e. The normalized spacial score (nSPS) is 18.9. The zero-order chi connectivity index (χ0) is 15.0. The number of hydrogen-bond donors (Lipinski definition) is 1. The van der Waals surface area contributed by atoms with E-state index in [0.29, 0.717) is 6.54 Å². The van der Waals surface area contributed by atoms with Crippen LogP contribution in [0.5, 0.6) is 0 Å². The smallest absolute Gasteiger partial charge is 0.234 e. The first-order chi connectivity index (χ1) is 10.2. The van der Waals surface area contributed by atoms with Gasteiger partial charge in [0.2, 0.25) is 5.91 Å². The largest absolute Gasteiger partial charge is 0.383 e. The molecule has 0 saturated carbocycles. The van der Waals surface area contributed by atoms with Gasteiger partial charge in [0.05, 0.1) is 5.92 Å². The minimum absolute atomic E-state index is 0.0737. The summed E-state index contributed by atoms with van der Waals surface area (Å²) in [6.45, 7) is 4.72. The molecular weight excluding hydrogens is 282 g/mol. The number of amides is 1. The molecule has 1 aliphatic rings. The van der Waals surface area contributed by atoms with Gasteiger partial charge in [-0.1, -0.05) is 19.1 Å². The fourth-order valence-corrected chi connectivity index (χ4v) is 3.78. The molecule has 3 rings (SSSR count). The third kappa shape index (κ3) is 2.28. The van der Waals surface area contributed by atoms with Crippen molar-refractivity contribution >= 4 is 22.9 Å². The minimum atomic E-state index is -0.612. The molecule has 4 heteroatoms. The molecule has 1 amide bonds. The van der Waals surface area contributed by atoms with Crippen LogP contribution < -0.4 is 4.90 Å². The maximum atomic E-state index is 12.4. The first-order valence-corrected chi connectivity index (χ1v) is 8.22. The molecule has 0 saturated heterocycles. The molecule has 2 aromatic rings. The van der Waals surface area contributed by atoms with Gasteiger partial charge in [-0.2, -0.15) is 0 Å². The van der Waals surface area contributed by atoms with Gasteiger partial charge in [-0.25, -0.2) is 0 Å². The summed E-state index contributed by atoms with van der Waals surface area (Å²) in [6, 6.07) is 9.77. The third-order valence-electron chi connectivity index (χ3n) is 4.13. The van der Waals surface area contributed by atoms with Gasteiger partial charge in [0.1, 0.15) is 6.10 Å². The number of carbonyl (C=O) groups is 1. The van der Waals surface area contributed by atoms with Gasteiger partial charge >= 0.3 is 0 Å². The molecule has 0 bridgehead atoms. The highest BCUT2D eigenvalue weighted by atomic mass is 32.1. The number of anilines is 1. The van der Waals surface area contributed by atoms with Crippen LogP contribution in [0.1, 0.15) is 48.3 Å². The maximum Gasteiger partial charge on any atom is 0.234 e. The maximum absolute atomic E-state index is 12.4. The van der Waals surface area contributed by atoms with E-state index in [-0.39, 0.29) is 11.8 Å². The molecular formula is C17H19NO2S. The summed E-state index contributed by atoms with van der Waals surface area (Å²) < 4.78 is 0. The van der Waals surface area contributed by atoms with E-state index in [1.807, 2.05) is 54.5 Å². The average molecular weight is 301 g/mol. The van der Waals surface area contributed by atoms with Crippen molar-refractivity contribution in [1.82, 2.24) is 0 Å². The quantitative estimate of drug-likeness (QED) is 0.935. The van der Waals surface area contributed by atoms with E-state index in [1.54, 1.807) is 11.3 Å². The first kappa shape index (κ1) is 14.3. The number of nitrogens with zero attached hydrogens (tertiary/aromatic N) is 1. The number of hydrogen-bond acceptors (Lipinski definition) is 3. The molecule has 0 spiro atoms. The number of aliphatic hydroxyl groups excluding tert-OH is 1. The van der Waals surface area contributed by atoms with Crippen molar-refractivity contribution in [3.05, 3.63) is 51.7 Å². The molecule has 0 radical (unpaired) electrons. The second kappa shape index (κ2) is 5.62. The Labute approximate surface area is 128 Å². The van der Waals surface area contributed by atoms with Crippen LogP contribution in [0, 0.1) is 0 Å². The first-order valence-electron chi connectivity index (χ1n) is 7.34. The summed E-state index contributed by atoms with van der Waals surface area (Å²) in [4.78, 5) is 15.2.